The van der Waals surface area contributed by atoms with Crippen LogP contribution in [0.2, 0.25) is 0 Å². The number of amides is 2. The highest BCUT2D eigenvalue weighted by Gasteiger charge is 2.36. The zero-order valence-corrected chi connectivity index (χ0v) is 22.2. The van der Waals surface area contributed by atoms with E-state index in [9.17, 15) is 14.4 Å². The summed E-state index contributed by atoms with van der Waals surface area (Å²) in [5.74, 6) is -0.328. The third-order valence-electron chi connectivity index (χ3n) is 7.27. The van der Waals surface area contributed by atoms with Crippen molar-refractivity contribution in [2.75, 3.05) is 13.2 Å². The lowest BCUT2D eigenvalue weighted by Crippen LogP contribution is -2.59. The minimum atomic E-state index is -0.554. The van der Waals surface area contributed by atoms with Gasteiger partial charge in [-0.1, -0.05) is 45.6 Å². The fraction of sp³-hybridized carbons (Fsp3) is 0.815. The number of hydrogen-bond donors (Lipinski definition) is 2. The normalized spacial score (nSPS) is 22.4. The van der Waals surface area contributed by atoms with E-state index < -0.39 is 6.04 Å². The third-order valence-corrected chi connectivity index (χ3v) is 7.27. The highest BCUT2D eigenvalue weighted by Crippen LogP contribution is 2.28. The molecule has 1 saturated carbocycles. The number of ether oxygens (including phenoxy) is 1. The van der Waals surface area contributed by atoms with Crippen molar-refractivity contribution in [1.29, 1.82) is 0 Å². The number of hydrogen-bond acceptors (Lipinski definition) is 5. The summed E-state index contributed by atoms with van der Waals surface area (Å²) in [6.45, 7) is 13.0. The Balaban J connectivity index is 2.19. The molecule has 7 heteroatoms. The quantitative estimate of drug-likeness (QED) is 0.367. The van der Waals surface area contributed by atoms with Crippen LogP contribution < -0.4 is 10.6 Å². The molecule has 34 heavy (non-hydrogen) atoms. The molecule has 1 saturated heterocycles. The van der Waals surface area contributed by atoms with Crippen LogP contribution in [-0.4, -0.2) is 60.0 Å². The van der Waals surface area contributed by atoms with Crippen LogP contribution in [0.5, 0.6) is 0 Å². The van der Waals surface area contributed by atoms with E-state index in [0.29, 0.717) is 18.2 Å². The molecule has 0 aromatic heterocycles. The van der Waals surface area contributed by atoms with Crippen LogP contribution in [0.15, 0.2) is 11.6 Å². The number of esters is 1. The second-order valence-electron chi connectivity index (χ2n) is 10.6. The maximum absolute atomic E-state index is 13.6. The average Bonchev–Trinajstić information content (AvgIpc) is 2.82. The van der Waals surface area contributed by atoms with Crippen LogP contribution in [0.3, 0.4) is 0 Å². The Labute approximate surface area is 206 Å². The van der Waals surface area contributed by atoms with Gasteiger partial charge in [-0.25, -0.2) is 4.79 Å². The SMILES string of the molecule is CCOC(=O)/C(C)=C/C(NC(=O)[C@H](NC(=O)C1CCCCN1C(C)C)C1CCCCC1)C(C)C. The first-order valence-corrected chi connectivity index (χ1v) is 13.4. The summed E-state index contributed by atoms with van der Waals surface area (Å²) in [5, 5.41) is 6.31. The maximum atomic E-state index is 13.6. The number of piperidine rings is 1. The van der Waals surface area contributed by atoms with E-state index in [1.807, 2.05) is 13.8 Å². The Hall–Kier alpha value is -1.89. The van der Waals surface area contributed by atoms with E-state index in [1.54, 1.807) is 19.9 Å². The van der Waals surface area contributed by atoms with Gasteiger partial charge in [0.25, 0.3) is 0 Å². The van der Waals surface area contributed by atoms with Gasteiger partial charge in [0.05, 0.1) is 18.7 Å². The summed E-state index contributed by atoms with van der Waals surface area (Å²) in [5.41, 5.74) is 0.480. The van der Waals surface area contributed by atoms with Gasteiger partial charge in [-0.15, -0.1) is 0 Å². The van der Waals surface area contributed by atoms with Crippen LogP contribution in [0.4, 0.5) is 0 Å². The van der Waals surface area contributed by atoms with Gasteiger partial charge in [-0.3, -0.25) is 14.5 Å². The molecule has 3 atom stereocenters. The van der Waals surface area contributed by atoms with E-state index in [4.69, 9.17) is 4.74 Å². The standard InChI is InChI=1S/C27H47N3O4/c1-7-34-27(33)20(6)17-22(18(2)3)28-26(32)24(21-13-9-8-10-14-21)29-25(31)23-15-11-12-16-30(23)19(4)5/h17-19,21-24H,7-16H2,1-6H3,(H,28,32)(H,29,31)/b20-17+/t22?,23?,24-/m1/s1. The second-order valence-corrected chi connectivity index (χ2v) is 10.6. The largest absolute Gasteiger partial charge is 0.463 e. The summed E-state index contributed by atoms with van der Waals surface area (Å²) in [7, 11) is 0. The fourth-order valence-corrected chi connectivity index (χ4v) is 5.21. The monoisotopic (exact) mass is 477 g/mol. The maximum Gasteiger partial charge on any atom is 0.333 e. The molecule has 0 aromatic carbocycles. The summed E-state index contributed by atoms with van der Waals surface area (Å²) in [6, 6.07) is -0.762. The van der Waals surface area contributed by atoms with Crippen molar-refractivity contribution in [1.82, 2.24) is 15.5 Å². The van der Waals surface area contributed by atoms with Crippen LogP contribution in [0, 0.1) is 11.8 Å². The summed E-state index contributed by atoms with van der Waals surface area (Å²) >= 11 is 0. The molecule has 1 heterocycles. The van der Waals surface area contributed by atoms with E-state index in [1.165, 1.54) is 6.42 Å². The molecule has 0 aromatic rings. The Morgan fingerprint density at radius 2 is 1.62 bits per heavy atom. The van der Waals surface area contributed by atoms with Crippen LogP contribution in [0.1, 0.15) is 92.9 Å². The highest BCUT2D eigenvalue weighted by molar-refractivity contribution is 5.91. The van der Waals surface area contributed by atoms with Crippen molar-refractivity contribution in [3.05, 3.63) is 11.6 Å². The molecule has 2 amide bonds. The predicted octanol–water partition coefficient (Wildman–Crippen LogP) is 3.96. The van der Waals surface area contributed by atoms with Gasteiger partial charge in [-0.2, -0.15) is 0 Å². The average molecular weight is 478 g/mol. The molecule has 2 unspecified atom stereocenters. The van der Waals surface area contributed by atoms with E-state index in [-0.39, 0.29) is 41.7 Å². The Kier molecular flexibility index (Phi) is 11.6. The summed E-state index contributed by atoms with van der Waals surface area (Å²) in [6.07, 6.45) is 10.00. The number of nitrogens with one attached hydrogen (secondary N) is 2. The predicted molar refractivity (Wildman–Crippen MR) is 135 cm³/mol. The number of rotatable bonds is 10. The smallest absolute Gasteiger partial charge is 0.333 e. The molecule has 1 aliphatic heterocycles. The van der Waals surface area contributed by atoms with Crippen molar-refractivity contribution in [2.45, 2.75) is 117 Å². The molecular formula is C27H47N3O4. The Morgan fingerprint density at radius 1 is 0.971 bits per heavy atom. The van der Waals surface area contributed by atoms with E-state index in [2.05, 4.69) is 29.4 Å². The summed E-state index contributed by atoms with van der Waals surface area (Å²) < 4.78 is 5.10. The number of nitrogens with zero attached hydrogens (tertiary/aromatic N) is 1. The first-order valence-electron chi connectivity index (χ1n) is 13.4. The molecule has 0 spiro atoms. The first-order chi connectivity index (χ1) is 16.1. The number of carbonyl (C=O) groups is 3. The molecule has 2 rings (SSSR count). The molecule has 1 aliphatic carbocycles. The van der Waals surface area contributed by atoms with Gasteiger partial charge < -0.3 is 15.4 Å². The van der Waals surface area contributed by atoms with Crippen molar-refractivity contribution in [2.24, 2.45) is 11.8 Å². The lowest BCUT2D eigenvalue weighted by molar-refractivity contribution is -0.138. The molecule has 0 radical (unpaired) electrons. The van der Waals surface area contributed by atoms with Crippen LogP contribution in [0.25, 0.3) is 0 Å². The minimum absolute atomic E-state index is 0.0292. The lowest BCUT2D eigenvalue weighted by Gasteiger charge is -2.39. The fourth-order valence-electron chi connectivity index (χ4n) is 5.21. The highest BCUT2D eigenvalue weighted by atomic mass is 16.5. The zero-order chi connectivity index (χ0) is 25.3. The second kappa shape index (κ2) is 13.9. The van der Waals surface area contributed by atoms with Gasteiger partial charge in [-0.05, 0) is 71.8 Å². The van der Waals surface area contributed by atoms with Gasteiger partial charge in [0.1, 0.15) is 6.04 Å². The number of carbonyl (C=O) groups excluding carboxylic acids is 3. The van der Waals surface area contributed by atoms with E-state index >= 15 is 0 Å². The van der Waals surface area contributed by atoms with Gasteiger partial charge in [0.15, 0.2) is 0 Å². The summed E-state index contributed by atoms with van der Waals surface area (Å²) in [4.78, 5) is 41.4. The van der Waals surface area contributed by atoms with Crippen LogP contribution in [-0.2, 0) is 19.1 Å². The Morgan fingerprint density at radius 3 is 2.21 bits per heavy atom. The Bertz CT molecular complexity index is 713. The molecule has 2 fully saturated rings. The zero-order valence-electron chi connectivity index (χ0n) is 22.2. The lowest BCUT2D eigenvalue weighted by atomic mass is 9.83. The third kappa shape index (κ3) is 8.10. The van der Waals surface area contributed by atoms with Gasteiger partial charge in [0.2, 0.25) is 11.8 Å². The number of likely N-dealkylation sites (tertiary alicyclic amines) is 1. The van der Waals surface area contributed by atoms with Crippen molar-refractivity contribution >= 4 is 17.8 Å². The molecule has 0 bridgehead atoms. The topological polar surface area (TPSA) is 87.7 Å². The van der Waals surface area contributed by atoms with Crippen molar-refractivity contribution in [3.8, 4) is 0 Å². The van der Waals surface area contributed by atoms with Crippen LogP contribution >= 0.6 is 0 Å². The minimum Gasteiger partial charge on any atom is -0.463 e. The van der Waals surface area contributed by atoms with Gasteiger partial charge >= 0.3 is 5.97 Å². The molecular weight excluding hydrogens is 430 g/mol. The van der Waals surface area contributed by atoms with Crippen molar-refractivity contribution in [3.63, 3.8) is 0 Å². The van der Waals surface area contributed by atoms with Crippen molar-refractivity contribution < 1.29 is 19.1 Å². The molecule has 2 N–H and O–H groups in total. The molecule has 7 nitrogen and oxygen atoms in total. The first kappa shape index (κ1) is 28.3. The molecule has 194 valence electrons. The van der Waals surface area contributed by atoms with E-state index in [0.717, 1.165) is 51.5 Å². The van der Waals surface area contributed by atoms with Gasteiger partial charge in [0, 0.05) is 11.6 Å². The molecule has 2 aliphatic rings.